The SMILES string of the molecule is Cc1ccc(/C(N)=N/O)c(N2CCN3CCCC3C2)n1. The minimum Gasteiger partial charge on any atom is -0.409 e. The Hall–Kier alpha value is -1.82. The second-order valence-corrected chi connectivity index (χ2v) is 5.59. The van der Waals surface area contributed by atoms with Crippen LogP contribution in [0.5, 0.6) is 0 Å². The number of piperazine rings is 1. The first-order chi connectivity index (χ1) is 9.69. The largest absolute Gasteiger partial charge is 0.409 e. The van der Waals surface area contributed by atoms with E-state index in [-0.39, 0.29) is 5.84 Å². The average Bonchev–Trinajstić information content (AvgIpc) is 2.93. The maximum Gasteiger partial charge on any atom is 0.173 e. The van der Waals surface area contributed by atoms with Gasteiger partial charge >= 0.3 is 0 Å². The van der Waals surface area contributed by atoms with Gasteiger partial charge in [0.05, 0.1) is 5.56 Å². The van der Waals surface area contributed by atoms with E-state index in [9.17, 15) is 0 Å². The number of aryl methyl sites for hydroxylation is 1. The highest BCUT2D eigenvalue weighted by Gasteiger charge is 2.32. The molecule has 0 bridgehead atoms. The van der Waals surface area contributed by atoms with Crippen LogP contribution in [-0.2, 0) is 0 Å². The quantitative estimate of drug-likeness (QED) is 0.361. The molecule has 2 aliphatic heterocycles. The van der Waals surface area contributed by atoms with E-state index < -0.39 is 0 Å². The third-order valence-electron chi connectivity index (χ3n) is 4.28. The van der Waals surface area contributed by atoms with Gasteiger partial charge in [-0.05, 0) is 38.4 Å². The van der Waals surface area contributed by atoms with Crippen LogP contribution in [0.4, 0.5) is 5.82 Å². The fourth-order valence-electron chi connectivity index (χ4n) is 3.22. The molecule has 20 heavy (non-hydrogen) atoms. The summed E-state index contributed by atoms with van der Waals surface area (Å²) in [5.41, 5.74) is 7.44. The molecule has 1 aromatic rings. The zero-order valence-electron chi connectivity index (χ0n) is 11.8. The monoisotopic (exact) mass is 275 g/mol. The maximum absolute atomic E-state index is 8.94. The summed E-state index contributed by atoms with van der Waals surface area (Å²) in [6.45, 7) is 6.16. The number of hydrogen-bond donors (Lipinski definition) is 2. The van der Waals surface area contributed by atoms with Crippen LogP contribution in [0.2, 0.25) is 0 Å². The van der Waals surface area contributed by atoms with E-state index in [2.05, 4.69) is 19.9 Å². The number of amidine groups is 1. The summed E-state index contributed by atoms with van der Waals surface area (Å²) >= 11 is 0. The van der Waals surface area contributed by atoms with Crippen molar-refractivity contribution in [3.05, 3.63) is 23.4 Å². The van der Waals surface area contributed by atoms with E-state index in [4.69, 9.17) is 10.9 Å². The van der Waals surface area contributed by atoms with Gasteiger partial charge < -0.3 is 15.8 Å². The smallest absolute Gasteiger partial charge is 0.173 e. The fraction of sp³-hybridized carbons (Fsp3) is 0.571. The highest BCUT2D eigenvalue weighted by Crippen LogP contribution is 2.26. The summed E-state index contributed by atoms with van der Waals surface area (Å²) in [7, 11) is 0. The molecule has 2 aliphatic rings. The van der Waals surface area contributed by atoms with Crippen molar-refractivity contribution in [1.82, 2.24) is 9.88 Å². The van der Waals surface area contributed by atoms with Crippen molar-refractivity contribution in [1.29, 1.82) is 0 Å². The van der Waals surface area contributed by atoms with Gasteiger partial charge in [0.2, 0.25) is 0 Å². The second-order valence-electron chi connectivity index (χ2n) is 5.59. The number of hydrogen-bond acceptors (Lipinski definition) is 5. The molecule has 3 heterocycles. The first-order valence-electron chi connectivity index (χ1n) is 7.13. The first-order valence-corrected chi connectivity index (χ1v) is 7.13. The lowest BCUT2D eigenvalue weighted by atomic mass is 10.1. The van der Waals surface area contributed by atoms with Gasteiger partial charge in [0.1, 0.15) is 5.82 Å². The molecule has 2 saturated heterocycles. The average molecular weight is 275 g/mol. The molecule has 0 aromatic carbocycles. The van der Waals surface area contributed by atoms with E-state index in [0.717, 1.165) is 31.1 Å². The lowest BCUT2D eigenvalue weighted by molar-refractivity contribution is 0.230. The second kappa shape index (κ2) is 5.28. The van der Waals surface area contributed by atoms with Crippen molar-refractivity contribution in [2.45, 2.75) is 25.8 Å². The Morgan fingerprint density at radius 3 is 3.05 bits per heavy atom. The van der Waals surface area contributed by atoms with Crippen molar-refractivity contribution in [2.75, 3.05) is 31.1 Å². The highest BCUT2D eigenvalue weighted by molar-refractivity contribution is 6.01. The lowest BCUT2D eigenvalue weighted by Crippen LogP contribution is -2.50. The van der Waals surface area contributed by atoms with E-state index in [1.807, 2.05) is 19.1 Å². The number of oxime groups is 1. The maximum atomic E-state index is 8.94. The number of pyridine rings is 1. The van der Waals surface area contributed by atoms with Gasteiger partial charge in [-0.15, -0.1) is 0 Å². The Morgan fingerprint density at radius 1 is 1.40 bits per heavy atom. The van der Waals surface area contributed by atoms with Gasteiger partial charge in [-0.3, -0.25) is 4.90 Å². The minimum absolute atomic E-state index is 0.126. The molecule has 2 fully saturated rings. The fourth-order valence-corrected chi connectivity index (χ4v) is 3.22. The third-order valence-corrected chi connectivity index (χ3v) is 4.28. The molecule has 3 rings (SSSR count). The number of fused-ring (bicyclic) bond motifs is 1. The van der Waals surface area contributed by atoms with Crippen LogP contribution in [0.1, 0.15) is 24.1 Å². The third kappa shape index (κ3) is 2.31. The van der Waals surface area contributed by atoms with E-state index >= 15 is 0 Å². The van der Waals surface area contributed by atoms with Crippen LogP contribution in [0, 0.1) is 6.92 Å². The summed E-state index contributed by atoms with van der Waals surface area (Å²) in [5, 5.41) is 12.1. The molecule has 108 valence electrons. The summed E-state index contributed by atoms with van der Waals surface area (Å²) in [4.78, 5) is 9.44. The Kier molecular flexibility index (Phi) is 3.48. The molecule has 0 amide bonds. The van der Waals surface area contributed by atoms with Crippen LogP contribution in [0.3, 0.4) is 0 Å². The van der Waals surface area contributed by atoms with Gasteiger partial charge in [0, 0.05) is 31.4 Å². The molecule has 0 saturated carbocycles. The number of rotatable bonds is 2. The van der Waals surface area contributed by atoms with Gasteiger partial charge in [0.25, 0.3) is 0 Å². The van der Waals surface area contributed by atoms with Gasteiger partial charge in [-0.1, -0.05) is 5.16 Å². The van der Waals surface area contributed by atoms with Crippen molar-refractivity contribution in [3.8, 4) is 0 Å². The molecule has 3 N–H and O–H groups in total. The molecule has 1 unspecified atom stereocenters. The number of nitrogens with two attached hydrogens (primary N) is 1. The van der Waals surface area contributed by atoms with Gasteiger partial charge in [0.15, 0.2) is 5.84 Å². The zero-order chi connectivity index (χ0) is 14.1. The van der Waals surface area contributed by atoms with Crippen molar-refractivity contribution >= 4 is 11.7 Å². The van der Waals surface area contributed by atoms with Crippen LogP contribution in [-0.4, -0.2) is 53.1 Å². The Balaban J connectivity index is 1.91. The van der Waals surface area contributed by atoms with Gasteiger partial charge in [-0.25, -0.2) is 4.98 Å². The standard InChI is InChI=1S/C14H21N5O/c1-10-4-5-12(13(15)17-20)14(16-10)19-8-7-18-6-2-3-11(18)9-19/h4-5,11,20H,2-3,6-9H2,1H3,(H2,15,17). The Morgan fingerprint density at radius 2 is 2.25 bits per heavy atom. The Labute approximate surface area is 118 Å². The summed E-state index contributed by atoms with van der Waals surface area (Å²) < 4.78 is 0. The molecule has 0 aliphatic carbocycles. The molecule has 1 aromatic heterocycles. The summed E-state index contributed by atoms with van der Waals surface area (Å²) in [6.07, 6.45) is 2.54. The van der Waals surface area contributed by atoms with Crippen molar-refractivity contribution in [2.24, 2.45) is 10.9 Å². The van der Waals surface area contributed by atoms with Crippen LogP contribution in [0.25, 0.3) is 0 Å². The number of nitrogens with zero attached hydrogens (tertiary/aromatic N) is 4. The Bertz CT molecular complexity index is 530. The molecule has 1 atom stereocenters. The normalized spacial score (nSPS) is 23.9. The molecule has 6 nitrogen and oxygen atoms in total. The van der Waals surface area contributed by atoms with Crippen molar-refractivity contribution in [3.63, 3.8) is 0 Å². The first kappa shape index (κ1) is 13.2. The van der Waals surface area contributed by atoms with E-state index in [1.165, 1.54) is 19.4 Å². The van der Waals surface area contributed by atoms with E-state index in [0.29, 0.717) is 11.6 Å². The van der Waals surface area contributed by atoms with Crippen LogP contribution >= 0.6 is 0 Å². The van der Waals surface area contributed by atoms with Gasteiger partial charge in [-0.2, -0.15) is 0 Å². The summed E-state index contributed by atoms with van der Waals surface area (Å²) in [5.74, 6) is 0.966. The molecule has 0 radical (unpaired) electrons. The zero-order valence-corrected chi connectivity index (χ0v) is 11.8. The minimum atomic E-state index is 0.126. The van der Waals surface area contributed by atoms with Crippen LogP contribution < -0.4 is 10.6 Å². The topological polar surface area (TPSA) is 78.0 Å². The molecule has 6 heteroatoms. The van der Waals surface area contributed by atoms with Crippen LogP contribution in [0.15, 0.2) is 17.3 Å². The summed E-state index contributed by atoms with van der Waals surface area (Å²) in [6, 6.07) is 4.39. The molecule has 0 spiro atoms. The molecular formula is C14H21N5O. The lowest BCUT2D eigenvalue weighted by Gasteiger charge is -2.38. The predicted octanol–water partition coefficient (Wildman–Crippen LogP) is 0.769. The molecular weight excluding hydrogens is 254 g/mol. The number of aromatic nitrogens is 1. The van der Waals surface area contributed by atoms with E-state index in [1.54, 1.807) is 0 Å². The predicted molar refractivity (Wildman–Crippen MR) is 78.3 cm³/mol. The van der Waals surface area contributed by atoms with Crippen molar-refractivity contribution < 1.29 is 5.21 Å². The highest BCUT2D eigenvalue weighted by atomic mass is 16.4. The number of anilines is 1.